The zero-order chi connectivity index (χ0) is 14.0. The van der Waals surface area contributed by atoms with Crippen LogP contribution < -0.4 is 16.0 Å². The van der Waals surface area contributed by atoms with Gasteiger partial charge in [0, 0.05) is 10.8 Å². The SMILES string of the molecule is O=C1N=c2c(c3cc4ccccc4nc3c3c2=NC=N3)N1. The Hall–Kier alpha value is -3.15. The first-order valence-corrected chi connectivity index (χ1v) is 6.47. The molecule has 1 aromatic heterocycles. The maximum absolute atomic E-state index is 11.6. The highest BCUT2D eigenvalue weighted by atomic mass is 16.2. The zero-order valence-corrected chi connectivity index (χ0v) is 10.7. The Kier molecular flexibility index (Phi) is 1.76. The predicted molar refractivity (Wildman–Crippen MR) is 78.7 cm³/mol. The molecule has 2 aliphatic rings. The standard InChI is InChI=1S/C15H7N5O/c21-15-19-11-8-5-7-3-1-2-4-9(7)18-10(8)12-13(14(11)20-15)17-6-16-12/h1-6H,(H,19,20,21). The number of benzene rings is 2. The fourth-order valence-electron chi connectivity index (χ4n) is 2.82. The third kappa shape index (κ3) is 1.28. The van der Waals surface area contributed by atoms with Crippen LogP contribution in [0.25, 0.3) is 21.8 Å². The smallest absolute Gasteiger partial charge is 0.303 e. The van der Waals surface area contributed by atoms with Crippen LogP contribution in [0.15, 0.2) is 45.3 Å². The molecule has 3 aromatic rings. The number of hydrogen-bond acceptors (Lipinski definition) is 4. The van der Waals surface area contributed by atoms with Crippen molar-refractivity contribution in [2.75, 3.05) is 5.32 Å². The van der Waals surface area contributed by atoms with Crippen molar-refractivity contribution in [1.82, 2.24) is 4.98 Å². The average Bonchev–Trinajstić information content (AvgIpc) is 3.11. The first-order valence-electron chi connectivity index (χ1n) is 6.47. The summed E-state index contributed by atoms with van der Waals surface area (Å²) in [4.78, 5) is 28.8. The van der Waals surface area contributed by atoms with Gasteiger partial charge in [-0.3, -0.25) is 0 Å². The van der Waals surface area contributed by atoms with Crippen molar-refractivity contribution in [3.8, 4) is 0 Å². The van der Waals surface area contributed by atoms with Crippen LogP contribution in [0.3, 0.4) is 0 Å². The number of anilines is 1. The Morgan fingerprint density at radius 3 is 2.95 bits per heavy atom. The molecule has 0 bridgehead atoms. The minimum Gasteiger partial charge on any atom is -0.303 e. The van der Waals surface area contributed by atoms with Crippen LogP contribution in [0.1, 0.15) is 0 Å². The van der Waals surface area contributed by atoms with E-state index in [0.717, 1.165) is 21.8 Å². The van der Waals surface area contributed by atoms with Gasteiger partial charge in [-0.15, -0.1) is 0 Å². The molecule has 5 rings (SSSR count). The third-order valence-corrected chi connectivity index (χ3v) is 3.72. The van der Waals surface area contributed by atoms with Crippen molar-refractivity contribution in [1.29, 1.82) is 0 Å². The summed E-state index contributed by atoms with van der Waals surface area (Å²) in [7, 11) is 0. The van der Waals surface area contributed by atoms with E-state index in [1.54, 1.807) is 0 Å². The van der Waals surface area contributed by atoms with Gasteiger partial charge in [0.25, 0.3) is 0 Å². The molecule has 6 nitrogen and oxygen atoms in total. The Morgan fingerprint density at radius 1 is 1.10 bits per heavy atom. The molecule has 3 heterocycles. The number of fused-ring (bicyclic) bond motifs is 7. The number of pyridine rings is 1. The van der Waals surface area contributed by atoms with Crippen molar-refractivity contribution >= 4 is 45.6 Å². The summed E-state index contributed by atoms with van der Waals surface area (Å²) in [6.45, 7) is 0. The lowest BCUT2D eigenvalue weighted by Crippen LogP contribution is -2.24. The second kappa shape index (κ2) is 3.49. The number of para-hydroxylation sites is 1. The number of amides is 2. The number of aromatic nitrogens is 1. The molecule has 0 radical (unpaired) electrons. The molecule has 0 atom stereocenters. The number of urea groups is 1. The van der Waals surface area contributed by atoms with E-state index in [1.807, 2.05) is 30.3 Å². The second-order valence-corrected chi connectivity index (χ2v) is 4.91. The van der Waals surface area contributed by atoms with Gasteiger partial charge in [0.2, 0.25) is 0 Å². The van der Waals surface area contributed by atoms with Gasteiger partial charge in [0.05, 0.1) is 11.2 Å². The van der Waals surface area contributed by atoms with Crippen LogP contribution in [0.5, 0.6) is 0 Å². The molecule has 0 spiro atoms. The fraction of sp³-hybridized carbons (Fsp3) is 0. The van der Waals surface area contributed by atoms with Gasteiger partial charge < -0.3 is 5.32 Å². The highest BCUT2D eigenvalue weighted by Gasteiger charge is 2.22. The monoisotopic (exact) mass is 273 g/mol. The van der Waals surface area contributed by atoms with Crippen LogP contribution in [0, 0.1) is 0 Å². The molecule has 0 unspecified atom stereocenters. The summed E-state index contributed by atoms with van der Waals surface area (Å²) in [5.41, 5.74) is 2.96. The van der Waals surface area contributed by atoms with Crippen molar-refractivity contribution in [2.24, 2.45) is 15.0 Å². The van der Waals surface area contributed by atoms with E-state index in [0.29, 0.717) is 22.1 Å². The van der Waals surface area contributed by atoms with Gasteiger partial charge >= 0.3 is 6.03 Å². The first-order chi connectivity index (χ1) is 10.3. The van der Waals surface area contributed by atoms with Gasteiger partial charge in [0.15, 0.2) is 0 Å². The summed E-state index contributed by atoms with van der Waals surface area (Å²) in [6, 6.07) is 9.47. The quantitative estimate of drug-likeness (QED) is 0.634. The van der Waals surface area contributed by atoms with Gasteiger partial charge in [0.1, 0.15) is 28.3 Å². The molecule has 2 aliphatic heterocycles. The van der Waals surface area contributed by atoms with E-state index in [-0.39, 0.29) is 6.03 Å². The topological polar surface area (TPSA) is 79.1 Å². The van der Waals surface area contributed by atoms with E-state index >= 15 is 0 Å². The molecule has 1 N–H and O–H groups in total. The molecule has 0 saturated carbocycles. The van der Waals surface area contributed by atoms with Gasteiger partial charge in [-0.2, -0.15) is 4.99 Å². The van der Waals surface area contributed by atoms with Crippen molar-refractivity contribution in [2.45, 2.75) is 0 Å². The average molecular weight is 273 g/mol. The Balaban J connectivity index is 2.10. The summed E-state index contributed by atoms with van der Waals surface area (Å²) >= 11 is 0. The number of hydrogen-bond donors (Lipinski definition) is 1. The van der Waals surface area contributed by atoms with Crippen molar-refractivity contribution in [3.63, 3.8) is 0 Å². The van der Waals surface area contributed by atoms with E-state index in [2.05, 4.69) is 25.3 Å². The molecule has 21 heavy (non-hydrogen) atoms. The van der Waals surface area contributed by atoms with Crippen LogP contribution in [0.2, 0.25) is 0 Å². The summed E-state index contributed by atoms with van der Waals surface area (Å²) in [6.07, 6.45) is 1.47. The Morgan fingerprint density at radius 2 is 2.00 bits per heavy atom. The first kappa shape index (κ1) is 10.6. The fourth-order valence-corrected chi connectivity index (χ4v) is 2.82. The molecule has 2 aromatic carbocycles. The van der Waals surface area contributed by atoms with E-state index in [1.165, 1.54) is 6.34 Å². The van der Waals surface area contributed by atoms with Gasteiger partial charge in [-0.25, -0.2) is 19.8 Å². The normalized spacial score (nSPS) is 14.8. The minimum absolute atomic E-state index is 0.380. The lowest BCUT2D eigenvalue weighted by atomic mass is 10.1. The Labute approximate surface area is 117 Å². The third-order valence-electron chi connectivity index (χ3n) is 3.72. The maximum atomic E-state index is 11.6. The minimum atomic E-state index is -0.380. The molecular weight excluding hydrogens is 266 g/mol. The van der Waals surface area contributed by atoms with Crippen LogP contribution in [-0.2, 0) is 0 Å². The van der Waals surface area contributed by atoms with Crippen LogP contribution >= 0.6 is 0 Å². The molecular formula is C15H7N5O. The highest BCUT2D eigenvalue weighted by Crippen LogP contribution is 2.30. The molecule has 98 valence electrons. The second-order valence-electron chi connectivity index (χ2n) is 4.91. The molecule has 0 fully saturated rings. The lowest BCUT2D eigenvalue weighted by Gasteiger charge is -2.06. The highest BCUT2D eigenvalue weighted by molar-refractivity contribution is 6.10. The number of carbonyl (C=O) groups is 1. The molecule has 2 amide bonds. The van der Waals surface area contributed by atoms with Crippen molar-refractivity contribution in [3.05, 3.63) is 41.0 Å². The number of nitrogens with zero attached hydrogens (tertiary/aromatic N) is 4. The van der Waals surface area contributed by atoms with E-state index < -0.39 is 0 Å². The summed E-state index contributed by atoms with van der Waals surface area (Å²) in [5, 5.41) is 5.78. The Bertz CT molecular complexity index is 1130. The largest absolute Gasteiger partial charge is 0.346 e. The number of carbonyl (C=O) groups excluding carboxylic acids is 1. The number of aliphatic imine (C=N–C) groups is 1. The van der Waals surface area contributed by atoms with Gasteiger partial charge in [-0.1, -0.05) is 18.2 Å². The summed E-state index contributed by atoms with van der Waals surface area (Å²) < 4.78 is 0. The molecule has 6 heteroatoms. The van der Waals surface area contributed by atoms with E-state index in [9.17, 15) is 4.79 Å². The van der Waals surface area contributed by atoms with E-state index in [4.69, 9.17) is 0 Å². The van der Waals surface area contributed by atoms with Crippen LogP contribution in [-0.4, -0.2) is 17.4 Å². The number of nitrogens with one attached hydrogen (secondary N) is 1. The molecule has 0 aliphatic carbocycles. The van der Waals surface area contributed by atoms with Gasteiger partial charge in [-0.05, 0) is 12.1 Å². The predicted octanol–water partition coefficient (Wildman–Crippen LogP) is 1.85. The van der Waals surface area contributed by atoms with Crippen molar-refractivity contribution < 1.29 is 4.79 Å². The maximum Gasteiger partial charge on any atom is 0.346 e. The zero-order valence-electron chi connectivity index (χ0n) is 10.7. The van der Waals surface area contributed by atoms with Crippen LogP contribution in [0.4, 0.5) is 16.2 Å². The lowest BCUT2D eigenvalue weighted by molar-refractivity contribution is 0.260. The molecule has 0 saturated heterocycles. The number of rotatable bonds is 0. The summed E-state index contributed by atoms with van der Waals surface area (Å²) in [5.74, 6) is 0.